The molecule has 0 saturated carbocycles. The predicted octanol–water partition coefficient (Wildman–Crippen LogP) is 6.20. The zero-order valence-corrected chi connectivity index (χ0v) is 34.5. The van der Waals surface area contributed by atoms with Crippen LogP contribution in [0.4, 0.5) is 11.4 Å². The first kappa shape index (κ1) is 44.2. The van der Waals surface area contributed by atoms with Crippen molar-refractivity contribution < 1.29 is 58.9 Å². The largest absolute Gasteiger partial charge is 0.507 e. The number of esters is 1. The number of aromatic hydroxyl groups is 3. The Bertz CT molecular complexity index is 2220. The second kappa shape index (κ2) is 17.9. The van der Waals surface area contributed by atoms with Crippen molar-refractivity contribution in [1.82, 2.24) is 0 Å². The maximum atomic E-state index is 14.4. The number of ketones is 1. The van der Waals surface area contributed by atoms with Crippen LogP contribution in [0.3, 0.4) is 0 Å². The Balaban J connectivity index is 1.71. The minimum atomic E-state index is -2.06. The number of amides is 1. The van der Waals surface area contributed by atoms with E-state index in [0.29, 0.717) is 5.69 Å². The third-order valence-corrected chi connectivity index (χ3v) is 11.2. The van der Waals surface area contributed by atoms with Crippen molar-refractivity contribution in [2.45, 2.75) is 85.6 Å². The number of rotatable bonds is 5. The van der Waals surface area contributed by atoms with E-state index in [0.717, 1.165) is 6.21 Å². The lowest BCUT2D eigenvalue weighted by Gasteiger charge is -2.38. The number of benzene rings is 3. The number of carbonyl (C=O) groups excluding carboxylic acids is 3. The van der Waals surface area contributed by atoms with Gasteiger partial charge in [-0.2, -0.15) is 5.10 Å². The molecule has 7 N–H and O–H groups in total. The Labute approximate surface area is 342 Å². The Kier molecular flexibility index (Phi) is 13.4. The SMILES string of the molecule is COC1C=COC2(C)Oc3c(C)c(O)c4c(O)c(c(C=NNc5ccccc5)c(O)c4c3C2=O)NC(=O)C(C)=CC=CC(C)C(O)C(C)C(O)C(C)C(OC(C)=O)C1C. The summed E-state index contributed by atoms with van der Waals surface area (Å²) in [6.07, 6.45) is 4.61. The number of hydrazone groups is 1. The summed E-state index contributed by atoms with van der Waals surface area (Å²) in [7, 11) is 1.43. The van der Waals surface area contributed by atoms with Crippen LogP contribution >= 0.6 is 0 Å². The zero-order chi connectivity index (χ0) is 43.5. The first-order chi connectivity index (χ1) is 27.8. The standard InChI is InChI=1S/C44H53N3O12/c1-21-14-13-15-22(2)43(55)46-34-29(20-45-47-28-16-11-10-12-17-28)38(52)31-32(39(34)53)37(51)26(6)41-33(31)42(54)44(8,59-41)57-19-18-30(56-9)23(3)40(58-27(7)48)25(5)36(50)24(4)35(21)49/h10-21,23-25,30,35-36,40,47,49-53H,1-9H3,(H,46,55). The lowest BCUT2D eigenvalue weighted by atomic mass is 9.78. The molecule has 3 aliphatic rings. The summed E-state index contributed by atoms with van der Waals surface area (Å²) in [6.45, 7) is 12.4. The second-order valence-electron chi connectivity index (χ2n) is 15.4. The van der Waals surface area contributed by atoms with E-state index in [1.54, 1.807) is 64.1 Å². The monoisotopic (exact) mass is 815 g/mol. The molecule has 1 amide bonds. The Hall–Kier alpha value is -5.90. The fraction of sp³-hybridized carbons (Fsp3) is 0.409. The van der Waals surface area contributed by atoms with Crippen LogP contribution in [0.2, 0.25) is 0 Å². The molecule has 0 fully saturated rings. The van der Waals surface area contributed by atoms with Crippen molar-refractivity contribution in [3.05, 3.63) is 83.2 Å². The minimum absolute atomic E-state index is 0.0359. The third-order valence-electron chi connectivity index (χ3n) is 11.2. The number of phenols is 3. The maximum Gasteiger partial charge on any atom is 0.312 e. The smallest absolute Gasteiger partial charge is 0.312 e. The first-order valence-electron chi connectivity index (χ1n) is 19.3. The van der Waals surface area contributed by atoms with Crippen LogP contribution in [0.15, 0.2) is 71.6 Å². The summed E-state index contributed by atoms with van der Waals surface area (Å²) in [4.78, 5) is 40.4. The average Bonchev–Trinajstić information content (AvgIpc) is 3.47. The van der Waals surface area contributed by atoms with Gasteiger partial charge in [-0.25, -0.2) is 0 Å². The Morgan fingerprint density at radius 3 is 2.25 bits per heavy atom. The van der Waals surface area contributed by atoms with Gasteiger partial charge in [0.05, 0.1) is 58.7 Å². The van der Waals surface area contributed by atoms with Gasteiger partial charge in [-0.15, -0.1) is 0 Å². The molecule has 3 aromatic carbocycles. The van der Waals surface area contributed by atoms with Gasteiger partial charge in [-0.1, -0.05) is 64.1 Å². The van der Waals surface area contributed by atoms with E-state index in [-0.39, 0.29) is 44.5 Å². The second-order valence-corrected chi connectivity index (χ2v) is 15.4. The number of phenolic OH excluding ortho intramolecular Hbond substituents is 3. The normalized spacial score (nSPS) is 28.0. The summed E-state index contributed by atoms with van der Waals surface area (Å²) in [6, 6.07) is 8.84. The van der Waals surface area contributed by atoms with Crippen LogP contribution < -0.4 is 15.5 Å². The van der Waals surface area contributed by atoms with Crippen LogP contribution in [-0.4, -0.2) is 86.7 Å². The van der Waals surface area contributed by atoms with E-state index in [1.165, 1.54) is 53.2 Å². The van der Waals surface area contributed by atoms with Crippen LogP contribution in [-0.2, 0) is 23.8 Å². The van der Waals surface area contributed by atoms with Crippen molar-refractivity contribution in [2.75, 3.05) is 17.9 Å². The van der Waals surface area contributed by atoms with Gasteiger partial charge < -0.3 is 49.8 Å². The van der Waals surface area contributed by atoms with Gasteiger partial charge in [0.1, 0.15) is 23.4 Å². The first-order valence-corrected chi connectivity index (χ1v) is 19.3. The number of anilines is 2. The number of nitrogens with zero attached hydrogens (tertiary/aromatic N) is 1. The number of para-hydroxylation sites is 1. The molecule has 9 unspecified atom stereocenters. The van der Waals surface area contributed by atoms with Gasteiger partial charge in [0.25, 0.3) is 11.7 Å². The lowest BCUT2D eigenvalue weighted by Crippen LogP contribution is -2.46. The molecule has 3 aliphatic heterocycles. The molecule has 5 bridgehead atoms. The van der Waals surface area contributed by atoms with Gasteiger partial charge in [-0.3, -0.25) is 19.8 Å². The number of hydrogen-bond acceptors (Lipinski definition) is 14. The number of aliphatic hydroxyl groups is 2. The Morgan fingerprint density at radius 2 is 1.61 bits per heavy atom. The van der Waals surface area contributed by atoms with Crippen molar-refractivity contribution >= 4 is 46.0 Å². The highest BCUT2D eigenvalue weighted by molar-refractivity contribution is 6.23. The van der Waals surface area contributed by atoms with Crippen LogP contribution in [0.1, 0.15) is 70.0 Å². The molecule has 15 heteroatoms. The van der Waals surface area contributed by atoms with Gasteiger partial charge in [0, 0.05) is 61.2 Å². The zero-order valence-electron chi connectivity index (χ0n) is 34.5. The van der Waals surface area contributed by atoms with Gasteiger partial charge in [0.2, 0.25) is 0 Å². The summed E-state index contributed by atoms with van der Waals surface area (Å²) < 4.78 is 23.5. The van der Waals surface area contributed by atoms with Gasteiger partial charge >= 0.3 is 11.8 Å². The molecular weight excluding hydrogens is 762 g/mol. The number of fused-ring (bicyclic) bond motifs is 14. The molecule has 6 rings (SSSR count). The van der Waals surface area contributed by atoms with Crippen LogP contribution in [0, 0.1) is 30.6 Å². The molecule has 316 valence electrons. The lowest BCUT2D eigenvalue weighted by molar-refractivity contribution is -0.160. The summed E-state index contributed by atoms with van der Waals surface area (Å²) in [5.74, 6) is -8.60. The fourth-order valence-electron chi connectivity index (χ4n) is 7.56. The number of methoxy groups -OCH3 is 1. The van der Waals surface area contributed by atoms with Crippen molar-refractivity contribution in [3.63, 3.8) is 0 Å². The number of carbonyl (C=O) groups is 3. The molecule has 3 heterocycles. The predicted molar refractivity (Wildman–Crippen MR) is 221 cm³/mol. The number of nitrogens with one attached hydrogen (secondary N) is 2. The van der Waals surface area contributed by atoms with E-state index in [9.17, 15) is 39.9 Å². The molecule has 0 radical (unpaired) electrons. The number of Topliss-reactive ketones (excluding diaryl/α,β-unsaturated/α-hetero) is 1. The molecule has 0 aliphatic carbocycles. The maximum absolute atomic E-state index is 14.4. The van der Waals surface area contributed by atoms with E-state index >= 15 is 0 Å². The van der Waals surface area contributed by atoms with E-state index in [1.807, 2.05) is 6.07 Å². The molecule has 3 aromatic rings. The summed E-state index contributed by atoms with van der Waals surface area (Å²) in [5.41, 5.74) is 2.84. The fourth-order valence-corrected chi connectivity index (χ4v) is 7.56. The number of hydrogen-bond donors (Lipinski definition) is 7. The van der Waals surface area contributed by atoms with Crippen LogP contribution in [0.5, 0.6) is 23.0 Å². The minimum Gasteiger partial charge on any atom is -0.507 e. The molecule has 0 saturated heterocycles. The average molecular weight is 816 g/mol. The van der Waals surface area contributed by atoms with Gasteiger partial charge in [-0.05, 0) is 32.1 Å². The third kappa shape index (κ3) is 8.77. The van der Waals surface area contributed by atoms with Crippen molar-refractivity contribution in [3.8, 4) is 23.0 Å². The summed E-state index contributed by atoms with van der Waals surface area (Å²) >= 11 is 0. The number of ether oxygens (including phenoxy) is 4. The molecule has 15 nitrogen and oxygen atoms in total. The van der Waals surface area contributed by atoms with Crippen LogP contribution in [0.25, 0.3) is 10.8 Å². The van der Waals surface area contributed by atoms with Gasteiger partial charge in [0.15, 0.2) is 5.75 Å². The van der Waals surface area contributed by atoms with E-state index < -0.39 is 88.8 Å². The van der Waals surface area contributed by atoms with Crippen molar-refractivity contribution in [2.24, 2.45) is 28.8 Å². The van der Waals surface area contributed by atoms with E-state index in [4.69, 9.17) is 18.9 Å². The summed E-state index contributed by atoms with van der Waals surface area (Å²) in [5, 5.41) is 64.4. The molecular formula is C44H53N3O12. The molecule has 9 atom stereocenters. The molecule has 59 heavy (non-hydrogen) atoms. The number of aliphatic hydroxyl groups excluding tert-OH is 2. The topological polar surface area (TPSA) is 226 Å². The highest BCUT2D eigenvalue weighted by Gasteiger charge is 2.50. The Morgan fingerprint density at radius 1 is 0.932 bits per heavy atom. The quantitative estimate of drug-likeness (QED) is 0.0501. The number of allylic oxidation sites excluding steroid dienone is 2. The van der Waals surface area contributed by atoms with E-state index in [2.05, 4.69) is 15.8 Å². The van der Waals surface area contributed by atoms with Crippen molar-refractivity contribution in [1.29, 1.82) is 0 Å². The highest BCUT2D eigenvalue weighted by Crippen LogP contribution is 2.55. The molecule has 0 aromatic heterocycles. The molecule has 0 spiro atoms. The highest BCUT2D eigenvalue weighted by atomic mass is 16.7.